The average molecular weight is 204 g/mol. The number of hydrogen-bond acceptors (Lipinski definition) is 3. The molecule has 0 radical (unpaired) electrons. The van der Waals surface area contributed by atoms with Crippen LogP contribution >= 0.6 is 0 Å². The summed E-state index contributed by atoms with van der Waals surface area (Å²) in [7, 11) is 1.52. The summed E-state index contributed by atoms with van der Waals surface area (Å²) in [6.07, 6.45) is 0.448. The van der Waals surface area contributed by atoms with E-state index < -0.39 is 0 Å². The molecule has 4 heteroatoms. The predicted molar refractivity (Wildman–Crippen MR) is 58.0 cm³/mol. The number of amides is 1. The van der Waals surface area contributed by atoms with E-state index in [1.54, 1.807) is 0 Å². The van der Waals surface area contributed by atoms with Gasteiger partial charge in [0.15, 0.2) is 0 Å². The van der Waals surface area contributed by atoms with Crippen LogP contribution in [0.3, 0.4) is 0 Å². The van der Waals surface area contributed by atoms with E-state index in [-0.39, 0.29) is 5.91 Å². The first-order valence-electron chi connectivity index (χ1n) is 4.71. The smallest absolute Gasteiger partial charge is 0.228 e. The first-order chi connectivity index (χ1) is 7.20. The lowest BCUT2D eigenvalue weighted by Gasteiger charge is -2.02. The third-order valence-electron chi connectivity index (χ3n) is 2.38. The molecule has 0 atom stereocenters. The molecule has 78 valence electrons. The Hall–Kier alpha value is -1.84. The van der Waals surface area contributed by atoms with Crippen LogP contribution < -0.4 is 5.32 Å². The number of anilines is 1. The van der Waals surface area contributed by atoms with Gasteiger partial charge in [-0.1, -0.05) is 11.2 Å². The van der Waals surface area contributed by atoms with Gasteiger partial charge >= 0.3 is 0 Å². The molecule has 0 saturated carbocycles. The van der Waals surface area contributed by atoms with Crippen LogP contribution in [0.15, 0.2) is 23.4 Å². The van der Waals surface area contributed by atoms with Crippen molar-refractivity contribution in [3.05, 3.63) is 29.3 Å². The number of fused-ring (bicyclic) bond motifs is 1. The van der Waals surface area contributed by atoms with E-state index >= 15 is 0 Å². The van der Waals surface area contributed by atoms with E-state index in [4.69, 9.17) is 4.84 Å². The lowest BCUT2D eigenvalue weighted by Crippen LogP contribution is -2.03. The van der Waals surface area contributed by atoms with E-state index in [2.05, 4.69) is 10.5 Å². The third kappa shape index (κ3) is 1.83. The highest BCUT2D eigenvalue weighted by atomic mass is 16.6. The first kappa shape index (κ1) is 9.71. The average Bonchev–Trinajstić information content (AvgIpc) is 2.57. The lowest BCUT2D eigenvalue weighted by molar-refractivity contribution is -0.115. The lowest BCUT2D eigenvalue weighted by atomic mass is 10.1. The quantitative estimate of drug-likeness (QED) is 0.587. The summed E-state index contributed by atoms with van der Waals surface area (Å²) in [5.41, 5.74) is 3.70. The predicted octanol–water partition coefficient (Wildman–Crippen LogP) is 1.55. The fraction of sp³-hybridized carbons (Fsp3) is 0.273. The molecule has 0 saturated heterocycles. The molecule has 1 aromatic carbocycles. The van der Waals surface area contributed by atoms with Gasteiger partial charge in [-0.05, 0) is 30.2 Å². The largest absolute Gasteiger partial charge is 0.399 e. The summed E-state index contributed by atoms with van der Waals surface area (Å²) in [5, 5.41) is 6.64. The molecule has 1 amide bonds. The molecule has 15 heavy (non-hydrogen) atoms. The normalized spacial score (nSPS) is 14.8. The van der Waals surface area contributed by atoms with E-state index in [0.29, 0.717) is 6.42 Å². The van der Waals surface area contributed by atoms with Crippen LogP contribution in [0.5, 0.6) is 0 Å². The second kappa shape index (κ2) is 3.73. The van der Waals surface area contributed by atoms with E-state index in [1.165, 1.54) is 7.11 Å². The topological polar surface area (TPSA) is 50.7 Å². The molecule has 1 N–H and O–H groups in total. The highest BCUT2D eigenvalue weighted by Gasteiger charge is 2.17. The highest BCUT2D eigenvalue weighted by Crippen LogP contribution is 2.24. The number of benzene rings is 1. The molecule has 1 aromatic rings. The fourth-order valence-electron chi connectivity index (χ4n) is 1.64. The molecule has 1 heterocycles. The molecule has 0 aromatic heterocycles. The number of nitrogens with zero attached hydrogens (tertiary/aromatic N) is 1. The Morgan fingerprint density at radius 1 is 1.53 bits per heavy atom. The molecular formula is C11H12N2O2. The molecule has 1 aliphatic heterocycles. The molecular weight excluding hydrogens is 192 g/mol. The molecule has 0 fully saturated rings. The van der Waals surface area contributed by atoms with Crippen molar-refractivity contribution in [2.24, 2.45) is 5.16 Å². The SMILES string of the molecule is CO/N=C(\C)c1ccc2c(c1)CC(=O)N2. The van der Waals surface area contributed by atoms with E-state index in [1.807, 2.05) is 25.1 Å². The summed E-state index contributed by atoms with van der Waals surface area (Å²) in [6, 6.07) is 5.78. The van der Waals surface area contributed by atoms with Gasteiger partial charge in [0.25, 0.3) is 0 Å². The number of carbonyl (C=O) groups excluding carboxylic acids is 1. The number of hydrogen-bond donors (Lipinski definition) is 1. The van der Waals surface area contributed by atoms with Crippen LogP contribution in [-0.2, 0) is 16.1 Å². The van der Waals surface area contributed by atoms with Crippen LogP contribution in [-0.4, -0.2) is 18.7 Å². The van der Waals surface area contributed by atoms with Crippen LogP contribution in [0, 0.1) is 0 Å². The summed E-state index contributed by atoms with van der Waals surface area (Å²) in [5.74, 6) is 0.0449. The number of oxime groups is 1. The minimum Gasteiger partial charge on any atom is -0.399 e. The zero-order valence-electron chi connectivity index (χ0n) is 8.70. The van der Waals surface area contributed by atoms with Gasteiger partial charge in [0.05, 0.1) is 12.1 Å². The molecule has 4 nitrogen and oxygen atoms in total. The van der Waals surface area contributed by atoms with Gasteiger partial charge in [0.2, 0.25) is 5.91 Å². The minimum absolute atomic E-state index is 0.0449. The summed E-state index contributed by atoms with van der Waals surface area (Å²) < 4.78 is 0. The monoisotopic (exact) mass is 204 g/mol. The van der Waals surface area contributed by atoms with Crippen molar-refractivity contribution in [1.82, 2.24) is 0 Å². The molecule has 0 bridgehead atoms. The Morgan fingerprint density at radius 2 is 2.33 bits per heavy atom. The van der Waals surface area contributed by atoms with Crippen molar-refractivity contribution in [1.29, 1.82) is 0 Å². The number of rotatable bonds is 2. The number of carbonyl (C=O) groups is 1. The summed E-state index contributed by atoms with van der Waals surface area (Å²) in [4.78, 5) is 15.8. The van der Waals surface area contributed by atoms with Gasteiger partial charge in [0.1, 0.15) is 7.11 Å². The van der Waals surface area contributed by atoms with Crippen LogP contribution in [0.4, 0.5) is 5.69 Å². The van der Waals surface area contributed by atoms with Gasteiger partial charge < -0.3 is 10.2 Å². The fourth-order valence-corrected chi connectivity index (χ4v) is 1.64. The standard InChI is InChI=1S/C11H12N2O2/c1-7(13-15-2)8-3-4-10-9(5-8)6-11(14)12-10/h3-5H,6H2,1-2H3,(H,12,14)/b13-7+. The van der Waals surface area contributed by atoms with Crippen LogP contribution in [0.2, 0.25) is 0 Å². The summed E-state index contributed by atoms with van der Waals surface area (Å²) >= 11 is 0. The van der Waals surface area contributed by atoms with Crippen molar-refractivity contribution in [2.75, 3.05) is 12.4 Å². The Kier molecular flexibility index (Phi) is 2.41. The maximum absolute atomic E-state index is 11.1. The van der Waals surface area contributed by atoms with E-state index in [9.17, 15) is 4.79 Å². The van der Waals surface area contributed by atoms with Gasteiger partial charge in [0, 0.05) is 5.69 Å². The zero-order chi connectivity index (χ0) is 10.8. The summed E-state index contributed by atoms with van der Waals surface area (Å²) in [6.45, 7) is 1.87. The second-order valence-corrected chi connectivity index (χ2v) is 3.46. The van der Waals surface area contributed by atoms with Gasteiger partial charge in [-0.15, -0.1) is 0 Å². The Morgan fingerprint density at radius 3 is 3.07 bits per heavy atom. The maximum atomic E-state index is 11.1. The molecule has 2 rings (SSSR count). The zero-order valence-corrected chi connectivity index (χ0v) is 8.70. The highest BCUT2D eigenvalue weighted by molar-refractivity contribution is 6.03. The van der Waals surface area contributed by atoms with Crippen LogP contribution in [0.25, 0.3) is 0 Å². The Balaban J connectivity index is 2.35. The Bertz CT molecular complexity index is 438. The third-order valence-corrected chi connectivity index (χ3v) is 2.38. The maximum Gasteiger partial charge on any atom is 0.228 e. The minimum atomic E-state index is 0.0449. The van der Waals surface area contributed by atoms with Crippen molar-refractivity contribution in [3.63, 3.8) is 0 Å². The first-order valence-corrected chi connectivity index (χ1v) is 4.71. The molecule has 1 aliphatic rings. The van der Waals surface area contributed by atoms with Crippen molar-refractivity contribution >= 4 is 17.3 Å². The molecule has 0 aliphatic carbocycles. The van der Waals surface area contributed by atoms with E-state index in [0.717, 1.165) is 22.5 Å². The van der Waals surface area contributed by atoms with Gasteiger partial charge in [-0.3, -0.25) is 4.79 Å². The van der Waals surface area contributed by atoms with Gasteiger partial charge in [-0.2, -0.15) is 0 Å². The van der Waals surface area contributed by atoms with Crippen molar-refractivity contribution < 1.29 is 9.63 Å². The van der Waals surface area contributed by atoms with Crippen molar-refractivity contribution in [2.45, 2.75) is 13.3 Å². The molecule has 0 unspecified atom stereocenters. The van der Waals surface area contributed by atoms with Crippen molar-refractivity contribution in [3.8, 4) is 0 Å². The second-order valence-electron chi connectivity index (χ2n) is 3.46. The number of nitrogens with one attached hydrogen (secondary N) is 1. The Labute approximate surface area is 87.9 Å². The van der Waals surface area contributed by atoms with Gasteiger partial charge in [-0.25, -0.2) is 0 Å². The molecule has 0 spiro atoms. The van der Waals surface area contributed by atoms with Crippen LogP contribution in [0.1, 0.15) is 18.1 Å².